The van der Waals surface area contributed by atoms with Crippen LogP contribution in [0, 0.1) is 6.92 Å². The predicted octanol–water partition coefficient (Wildman–Crippen LogP) is 1.75. The highest BCUT2D eigenvalue weighted by Gasteiger charge is 2.31. The lowest BCUT2D eigenvalue weighted by atomic mass is 10.1. The fourth-order valence-corrected chi connectivity index (χ4v) is 1.98. The number of carbonyl (C=O) groups is 3. The number of aliphatic carboxylic acids is 1. The molecule has 1 N–H and O–H groups in total. The molecule has 1 heterocycles. The van der Waals surface area contributed by atoms with E-state index in [1.807, 2.05) is 0 Å². The van der Waals surface area contributed by atoms with Crippen molar-refractivity contribution in [3.63, 3.8) is 0 Å². The molecule has 2 amide bonds. The Hall–Kier alpha value is -2.43. The van der Waals surface area contributed by atoms with Gasteiger partial charge in [0.05, 0.1) is 5.69 Å². The highest BCUT2D eigenvalue weighted by atomic mass is 16.4. The van der Waals surface area contributed by atoms with Gasteiger partial charge in [-0.25, -0.2) is 4.79 Å². The summed E-state index contributed by atoms with van der Waals surface area (Å²) >= 11 is 0. The van der Waals surface area contributed by atoms with Crippen molar-refractivity contribution in [3.8, 4) is 0 Å². The van der Waals surface area contributed by atoms with Gasteiger partial charge in [-0.1, -0.05) is 12.1 Å². The number of imide groups is 1. The number of anilines is 1. The van der Waals surface area contributed by atoms with Crippen molar-refractivity contribution in [2.75, 3.05) is 4.90 Å². The minimum Gasteiger partial charge on any atom is -0.478 e. The van der Waals surface area contributed by atoms with E-state index in [0.717, 1.165) is 11.6 Å². The maximum atomic E-state index is 11.7. The predicted molar refractivity (Wildman–Crippen MR) is 69.6 cm³/mol. The molecule has 1 aromatic carbocycles. The number of carboxylic acid groups (broad SMARTS) is 1. The van der Waals surface area contributed by atoms with Crippen LogP contribution in [-0.2, 0) is 14.4 Å². The first-order valence-electron chi connectivity index (χ1n) is 5.86. The Balaban J connectivity index is 2.40. The number of amides is 2. The molecule has 1 saturated heterocycles. The maximum Gasteiger partial charge on any atom is 0.328 e. The quantitative estimate of drug-likeness (QED) is 0.662. The third-order valence-electron chi connectivity index (χ3n) is 2.94. The molecule has 0 aromatic heterocycles. The number of benzene rings is 1. The zero-order chi connectivity index (χ0) is 14.0. The van der Waals surface area contributed by atoms with Gasteiger partial charge in [-0.15, -0.1) is 0 Å². The van der Waals surface area contributed by atoms with E-state index in [4.69, 9.17) is 5.11 Å². The standard InChI is InChI=1S/C14H13NO4/c1-9-2-3-10(4-7-14(18)19)8-11(9)15-12(16)5-6-13(15)17/h2-4,7-8H,5-6H2,1H3,(H,18,19). The van der Waals surface area contributed by atoms with Crippen LogP contribution in [0.2, 0.25) is 0 Å². The third-order valence-corrected chi connectivity index (χ3v) is 2.94. The highest BCUT2D eigenvalue weighted by molar-refractivity contribution is 6.20. The molecule has 0 radical (unpaired) electrons. The third kappa shape index (κ3) is 2.70. The van der Waals surface area contributed by atoms with Gasteiger partial charge in [0.25, 0.3) is 0 Å². The molecule has 1 aliphatic rings. The van der Waals surface area contributed by atoms with Gasteiger partial charge in [0, 0.05) is 18.9 Å². The Morgan fingerprint density at radius 2 is 1.89 bits per heavy atom. The summed E-state index contributed by atoms with van der Waals surface area (Å²) < 4.78 is 0. The second-order valence-corrected chi connectivity index (χ2v) is 4.34. The van der Waals surface area contributed by atoms with Crippen LogP contribution < -0.4 is 4.90 Å². The number of carboxylic acids is 1. The minimum absolute atomic E-state index is 0.215. The molecule has 0 saturated carbocycles. The van der Waals surface area contributed by atoms with Gasteiger partial charge in [0.1, 0.15) is 0 Å². The van der Waals surface area contributed by atoms with Crippen LogP contribution in [0.15, 0.2) is 24.3 Å². The molecule has 0 atom stereocenters. The lowest BCUT2D eigenvalue weighted by Gasteiger charge is -2.17. The first-order valence-corrected chi connectivity index (χ1v) is 5.86. The van der Waals surface area contributed by atoms with Gasteiger partial charge in [0.2, 0.25) is 11.8 Å². The number of rotatable bonds is 3. The van der Waals surface area contributed by atoms with Gasteiger partial charge >= 0.3 is 5.97 Å². The number of carbonyl (C=O) groups excluding carboxylic acids is 2. The molecule has 5 heteroatoms. The molecule has 5 nitrogen and oxygen atoms in total. The van der Waals surface area contributed by atoms with E-state index in [9.17, 15) is 14.4 Å². The summed E-state index contributed by atoms with van der Waals surface area (Å²) in [5.74, 6) is -1.48. The van der Waals surface area contributed by atoms with E-state index < -0.39 is 5.97 Å². The molecule has 19 heavy (non-hydrogen) atoms. The normalized spacial score (nSPS) is 15.5. The topological polar surface area (TPSA) is 74.7 Å². The Morgan fingerprint density at radius 3 is 2.47 bits per heavy atom. The first-order chi connectivity index (χ1) is 8.99. The molecule has 1 aliphatic heterocycles. The van der Waals surface area contributed by atoms with Crippen LogP contribution in [0.5, 0.6) is 0 Å². The maximum absolute atomic E-state index is 11.7. The van der Waals surface area contributed by atoms with Crippen molar-refractivity contribution in [2.24, 2.45) is 0 Å². The molecular weight excluding hydrogens is 246 g/mol. The van der Waals surface area contributed by atoms with E-state index in [-0.39, 0.29) is 24.7 Å². The zero-order valence-corrected chi connectivity index (χ0v) is 10.4. The lowest BCUT2D eigenvalue weighted by Crippen LogP contribution is -2.29. The molecule has 0 aliphatic carbocycles. The Labute approximate surface area is 110 Å². The molecule has 1 fully saturated rings. The summed E-state index contributed by atoms with van der Waals surface area (Å²) in [6, 6.07) is 5.15. The van der Waals surface area contributed by atoms with E-state index in [2.05, 4.69) is 0 Å². The summed E-state index contributed by atoms with van der Waals surface area (Å²) in [6.45, 7) is 1.80. The summed E-state index contributed by atoms with van der Waals surface area (Å²) in [6.07, 6.45) is 2.90. The summed E-state index contributed by atoms with van der Waals surface area (Å²) in [4.78, 5) is 35.1. The Kier molecular flexibility index (Phi) is 3.46. The number of hydrogen-bond acceptors (Lipinski definition) is 3. The van der Waals surface area contributed by atoms with Crippen LogP contribution in [0.25, 0.3) is 6.08 Å². The molecular formula is C14H13NO4. The Morgan fingerprint density at radius 1 is 1.26 bits per heavy atom. The number of aryl methyl sites for hydroxylation is 1. The molecule has 0 bridgehead atoms. The van der Waals surface area contributed by atoms with Crippen molar-refractivity contribution in [2.45, 2.75) is 19.8 Å². The fourth-order valence-electron chi connectivity index (χ4n) is 1.98. The van der Waals surface area contributed by atoms with Crippen LogP contribution in [0.1, 0.15) is 24.0 Å². The summed E-state index contributed by atoms with van der Waals surface area (Å²) in [7, 11) is 0. The van der Waals surface area contributed by atoms with E-state index in [1.165, 1.54) is 11.0 Å². The van der Waals surface area contributed by atoms with Gasteiger partial charge in [-0.05, 0) is 30.2 Å². The summed E-state index contributed by atoms with van der Waals surface area (Å²) in [5.41, 5.74) is 1.96. The van der Waals surface area contributed by atoms with Crippen LogP contribution in [-0.4, -0.2) is 22.9 Å². The highest BCUT2D eigenvalue weighted by Crippen LogP contribution is 2.27. The largest absolute Gasteiger partial charge is 0.478 e. The van der Waals surface area contributed by atoms with Crippen molar-refractivity contribution >= 4 is 29.5 Å². The van der Waals surface area contributed by atoms with E-state index in [1.54, 1.807) is 25.1 Å². The summed E-state index contributed by atoms with van der Waals surface area (Å²) in [5, 5.41) is 8.59. The van der Waals surface area contributed by atoms with Gasteiger partial charge in [0.15, 0.2) is 0 Å². The minimum atomic E-state index is -1.05. The zero-order valence-electron chi connectivity index (χ0n) is 10.4. The second kappa shape index (κ2) is 5.06. The molecule has 2 rings (SSSR count). The lowest BCUT2D eigenvalue weighted by molar-refractivity contribution is -0.131. The number of nitrogens with zero attached hydrogens (tertiary/aromatic N) is 1. The Bertz CT molecular complexity index is 573. The van der Waals surface area contributed by atoms with Gasteiger partial charge in [-0.3, -0.25) is 14.5 Å². The van der Waals surface area contributed by atoms with Crippen LogP contribution in [0.4, 0.5) is 5.69 Å². The second-order valence-electron chi connectivity index (χ2n) is 4.34. The van der Waals surface area contributed by atoms with Crippen molar-refractivity contribution < 1.29 is 19.5 Å². The van der Waals surface area contributed by atoms with Crippen molar-refractivity contribution in [1.29, 1.82) is 0 Å². The average Bonchev–Trinajstić information content (AvgIpc) is 2.68. The molecule has 0 spiro atoms. The van der Waals surface area contributed by atoms with Crippen LogP contribution >= 0.6 is 0 Å². The van der Waals surface area contributed by atoms with Crippen molar-refractivity contribution in [3.05, 3.63) is 35.4 Å². The van der Waals surface area contributed by atoms with E-state index >= 15 is 0 Å². The molecule has 1 aromatic rings. The first kappa shape index (κ1) is 13.0. The van der Waals surface area contributed by atoms with Crippen molar-refractivity contribution in [1.82, 2.24) is 0 Å². The van der Waals surface area contributed by atoms with Gasteiger partial charge in [-0.2, -0.15) is 0 Å². The smallest absolute Gasteiger partial charge is 0.328 e. The fraction of sp³-hybridized carbons (Fsp3) is 0.214. The van der Waals surface area contributed by atoms with E-state index in [0.29, 0.717) is 11.3 Å². The molecule has 0 unspecified atom stereocenters. The molecule has 98 valence electrons. The monoisotopic (exact) mass is 259 g/mol. The van der Waals surface area contributed by atoms with Gasteiger partial charge < -0.3 is 5.11 Å². The average molecular weight is 259 g/mol. The SMILES string of the molecule is Cc1ccc(C=CC(=O)O)cc1N1C(=O)CCC1=O. The number of hydrogen-bond donors (Lipinski definition) is 1. The van der Waals surface area contributed by atoms with Crippen LogP contribution in [0.3, 0.4) is 0 Å².